The van der Waals surface area contributed by atoms with E-state index in [0.29, 0.717) is 22.5 Å². The quantitative estimate of drug-likeness (QED) is 0.789. The summed E-state index contributed by atoms with van der Waals surface area (Å²) in [4.78, 5) is 0.348. The maximum Gasteiger partial charge on any atom is 0.104 e. The lowest BCUT2D eigenvalue weighted by molar-refractivity contribution is 0.171. The van der Waals surface area contributed by atoms with E-state index in [2.05, 4.69) is 19.2 Å². The highest BCUT2D eigenvalue weighted by molar-refractivity contribution is 7.80. The fraction of sp³-hybridized carbons (Fsp3) is 0.462. The fourth-order valence-electron chi connectivity index (χ4n) is 1.57. The molecule has 1 aromatic carbocycles. The minimum atomic E-state index is 0.211. The molecule has 100 valence electrons. The van der Waals surface area contributed by atoms with E-state index in [1.807, 2.05) is 12.1 Å². The van der Waals surface area contributed by atoms with E-state index in [-0.39, 0.29) is 6.04 Å². The topological polar surface area (TPSA) is 47.3 Å². The molecule has 1 rings (SSSR count). The molecule has 0 aromatic heterocycles. The molecule has 0 bridgehead atoms. The molecule has 3 N–H and O–H groups in total. The van der Waals surface area contributed by atoms with Crippen molar-refractivity contribution in [2.45, 2.75) is 19.9 Å². The van der Waals surface area contributed by atoms with E-state index in [4.69, 9.17) is 34.3 Å². The normalized spacial score (nSPS) is 12.5. The third-order valence-electron chi connectivity index (χ3n) is 2.75. The molecule has 3 nitrogen and oxygen atoms in total. The van der Waals surface area contributed by atoms with E-state index in [0.717, 1.165) is 11.3 Å². The SMILES string of the molecule is COCC(Nc1ccc(C(N)=S)cc1Cl)C(C)C. The summed E-state index contributed by atoms with van der Waals surface area (Å²) in [6, 6.07) is 5.74. The fourth-order valence-corrected chi connectivity index (χ4v) is 1.93. The van der Waals surface area contributed by atoms with Gasteiger partial charge in [0.2, 0.25) is 0 Å². The highest BCUT2D eigenvalue weighted by Crippen LogP contribution is 2.25. The van der Waals surface area contributed by atoms with Crippen LogP contribution in [0.15, 0.2) is 18.2 Å². The number of anilines is 1. The van der Waals surface area contributed by atoms with Gasteiger partial charge in [-0.3, -0.25) is 0 Å². The summed E-state index contributed by atoms with van der Waals surface area (Å²) in [5, 5.41) is 3.99. The van der Waals surface area contributed by atoms with Gasteiger partial charge in [-0.1, -0.05) is 37.7 Å². The van der Waals surface area contributed by atoms with Crippen LogP contribution >= 0.6 is 23.8 Å². The first kappa shape index (κ1) is 15.2. The van der Waals surface area contributed by atoms with Crippen molar-refractivity contribution >= 4 is 34.5 Å². The van der Waals surface area contributed by atoms with Crippen LogP contribution in [0.5, 0.6) is 0 Å². The van der Waals surface area contributed by atoms with E-state index >= 15 is 0 Å². The maximum atomic E-state index is 6.20. The van der Waals surface area contributed by atoms with Gasteiger partial charge in [-0.15, -0.1) is 0 Å². The Labute approximate surface area is 119 Å². The monoisotopic (exact) mass is 286 g/mol. The zero-order valence-corrected chi connectivity index (χ0v) is 12.4. The summed E-state index contributed by atoms with van der Waals surface area (Å²) in [6.45, 7) is 4.90. The van der Waals surface area contributed by atoms with Gasteiger partial charge in [0.15, 0.2) is 0 Å². The highest BCUT2D eigenvalue weighted by Gasteiger charge is 2.14. The van der Waals surface area contributed by atoms with Gasteiger partial charge >= 0.3 is 0 Å². The first-order chi connectivity index (χ1) is 8.45. The Bertz CT molecular complexity index is 423. The number of nitrogens with one attached hydrogen (secondary N) is 1. The lowest BCUT2D eigenvalue weighted by Gasteiger charge is -2.23. The first-order valence-electron chi connectivity index (χ1n) is 5.80. The van der Waals surface area contributed by atoms with Crippen LogP contribution in [0.4, 0.5) is 5.69 Å². The molecule has 18 heavy (non-hydrogen) atoms. The molecule has 1 aromatic rings. The number of halogens is 1. The number of nitrogens with two attached hydrogens (primary N) is 1. The van der Waals surface area contributed by atoms with Crippen LogP contribution in [-0.2, 0) is 4.74 Å². The molecule has 0 amide bonds. The predicted molar refractivity (Wildman–Crippen MR) is 81.5 cm³/mol. The Morgan fingerprint density at radius 1 is 1.50 bits per heavy atom. The van der Waals surface area contributed by atoms with Crippen molar-refractivity contribution in [1.29, 1.82) is 0 Å². The molecule has 0 spiro atoms. The van der Waals surface area contributed by atoms with Crippen molar-refractivity contribution in [2.24, 2.45) is 11.7 Å². The number of hydrogen-bond acceptors (Lipinski definition) is 3. The Balaban J connectivity index is 2.86. The molecular weight excluding hydrogens is 268 g/mol. The van der Waals surface area contributed by atoms with Gasteiger partial charge in [0, 0.05) is 12.7 Å². The van der Waals surface area contributed by atoms with Gasteiger partial charge in [-0.2, -0.15) is 0 Å². The van der Waals surface area contributed by atoms with Crippen LogP contribution in [0.2, 0.25) is 5.02 Å². The standard InChI is InChI=1S/C13H19ClN2OS/c1-8(2)12(7-17-3)16-11-5-4-9(13(15)18)6-10(11)14/h4-6,8,12,16H,7H2,1-3H3,(H2,15,18). The average Bonchev–Trinajstić information content (AvgIpc) is 2.30. The number of thiocarbonyl (C=S) groups is 1. The molecule has 0 aliphatic carbocycles. The van der Waals surface area contributed by atoms with Gasteiger partial charge < -0.3 is 15.8 Å². The molecule has 0 heterocycles. The van der Waals surface area contributed by atoms with Crippen LogP contribution in [-0.4, -0.2) is 24.7 Å². The Hall–Kier alpha value is -0.840. The Morgan fingerprint density at radius 3 is 2.61 bits per heavy atom. The molecule has 0 saturated heterocycles. The average molecular weight is 287 g/mol. The van der Waals surface area contributed by atoms with Crippen molar-refractivity contribution in [2.75, 3.05) is 19.0 Å². The van der Waals surface area contributed by atoms with Crippen molar-refractivity contribution in [1.82, 2.24) is 0 Å². The van der Waals surface area contributed by atoms with Crippen LogP contribution < -0.4 is 11.1 Å². The third-order valence-corrected chi connectivity index (χ3v) is 3.29. The Morgan fingerprint density at radius 2 is 2.17 bits per heavy atom. The van der Waals surface area contributed by atoms with E-state index in [1.165, 1.54) is 0 Å². The molecule has 0 saturated carbocycles. The van der Waals surface area contributed by atoms with Crippen molar-refractivity contribution in [3.05, 3.63) is 28.8 Å². The smallest absolute Gasteiger partial charge is 0.104 e. The summed E-state index contributed by atoms with van der Waals surface area (Å²) >= 11 is 11.1. The molecule has 0 fully saturated rings. The Kier molecular flexibility index (Phi) is 5.85. The minimum absolute atomic E-state index is 0.211. The van der Waals surface area contributed by atoms with Gasteiger partial charge in [-0.05, 0) is 24.1 Å². The van der Waals surface area contributed by atoms with Crippen LogP contribution in [0.25, 0.3) is 0 Å². The van der Waals surface area contributed by atoms with E-state index in [9.17, 15) is 0 Å². The molecule has 0 aliphatic rings. The lowest BCUT2D eigenvalue weighted by atomic mass is 10.0. The van der Waals surface area contributed by atoms with Crippen LogP contribution in [0.1, 0.15) is 19.4 Å². The third kappa shape index (κ3) is 4.12. The summed E-state index contributed by atoms with van der Waals surface area (Å²) in [7, 11) is 1.69. The molecule has 1 atom stereocenters. The molecular formula is C13H19ClN2OS. The zero-order valence-electron chi connectivity index (χ0n) is 10.9. The summed E-state index contributed by atoms with van der Waals surface area (Å²) < 4.78 is 5.19. The molecule has 5 heteroatoms. The van der Waals surface area contributed by atoms with Crippen LogP contribution in [0.3, 0.4) is 0 Å². The largest absolute Gasteiger partial charge is 0.389 e. The van der Waals surface area contributed by atoms with Gasteiger partial charge in [-0.25, -0.2) is 0 Å². The van der Waals surface area contributed by atoms with Crippen LogP contribution in [0, 0.1) is 5.92 Å². The predicted octanol–water partition coefficient (Wildman–Crippen LogP) is 3.06. The zero-order chi connectivity index (χ0) is 13.7. The summed E-state index contributed by atoms with van der Waals surface area (Å²) in [5.74, 6) is 0.441. The highest BCUT2D eigenvalue weighted by atomic mass is 35.5. The second kappa shape index (κ2) is 6.92. The van der Waals surface area contributed by atoms with E-state index < -0.39 is 0 Å². The number of methoxy groups -OCH3 is 1. The molecule has 1 unspecified atom stereocenters. The van der Waals surface area contributed by atoms with Crippen molar-refractivity contribution < 1.29 is 4.74 Å². The summed E-state index contributed by atoms with van der Waals surface area (Å²) in [6.07, 6.45) is 0. The number of benzene rings is 1. The number of rotatable bonds is 6. The maximum absolute atomic E-state index is 6.20. The van der Waals surface area contributed by atoms with Crippen molar-refractivity contribution in [3.8, 4) is 0 Å². The van der Waals surface area contributed by atoms with Crippen molar-refractivity contribution in [3.63, 3.8) is 0 Å². The van der Waals surface area contributed by atoms with E-state index in [1.54, 1.807) is 13.2 Å². The number of ether oxygens (including phenoxy) is 1. The summed E-state index contributed by atoms with van der Waals surface area (Å²) in [5.41, 5.74) is 7.20. The molecule has 0 aliphatic heterocycles. The number of hydrogen-bond donors (Lipinski definition) is 2. The van der Waals surface area contributed by atoms with Gasteiger partial charge in [0.25, 0.3) is 0 Å². The minimum Gasteiger partial charge on any atom is -0.389 e. The lowest BCUT2D eigenvalue weighted by Crippen LogP contribution is -2.30. The van der Waals surface area contributed by atoms with Gasteiger partial charge in [0.1, 0.15) is 4.99 Å². The second-order valence-electron chi connectivity index (χ2n) is 4.51. The first-order valence-corrected chi connectivity index (χ1v) is 6.59. The molecule has 0 radical (unpaired) electrons. The van der Waals surface area contributed by atoms with Gasteiger partial charge in [0.05, 0.1) is 23.4 Å². The second-order valence-corrected chi connectivity index (χ2v) is 5.36.